The summed E-state index contributed by atoms with van der Waals surface area (Å²) in [6, 6.07) is 2.92. The van der Waals surface area contributed by atoms with E-state index in [2.05, 4.69) is 0 Å². The lowest BCUT2D eigenvalue weighted by Crippen LogP contribution is -2.22. The average molecular weight is 271 g/mol. The fourth-order valence-corrected chi connectivity index (χ4v) is 1.92. The monoisotopic (exact) mass is 271 g/mol. The smallest absolute Gasteiger partial charge is 0.312 e. The summed E-state index contributed by atoms with van der Waals surface area (Å²) >= 11 is 0. The number of carboxylic acid groups (broad SMARTS) is 1. The minimum Gasteiger partial charge on any atom is -0.493 e. The van der Waals surface area contributed by atoms with Gasteiger partial charge in [0, 0.05) is 6.54 Å². The van der Waals surface area contributed by atoms with Gasteiger partial charge in [0.2, 0.25) is 0 Å². The summed E-state index contributed by atoms with van der Waals surface area (Å²) in [6.07, 6.45) is -1.33. The van der Waals surface area contributed by atoms with Crippen LogP contribution >= 0.6 is 0 Å². The molecule has 0 bridgehead atoms. The third kappa shape index (κ3) is 3.14. The second-order valence-electron chi connectivity index (χ2n) is 4.08. The summed E-state index contributed by atoms with van der Waals surface area (Å²) in [7, 11) is 2.86. The molecule has 0 aliphatic heterocycles. The molecule has 0 radical (unpaired) electrons. The molecule has 0 aliphatic rings. The highest BCUT2D eigenvalue weighted by atomic mass is 19.1. The number of carbonyl (C=O) groups is 1. The van der Waals surface area contributed by atoms with Gasteiger partial charge >= 0.3 is 5.97 Å². The molecule has 1 aromatic carbocycles. The van der Waals surface area contributed by atoms with E-state index in [0.717, 1.165) is 0 Å². The van der Waals surface area contributed by atoms with Crippen LogP contribution < -0.4 is 15.2 Å². The van der Waals surface area contributed by atoms with Gasteiger partial charge in [-0.25, -0.2) is 4.39 Å². The molecule has 1 rings (SSSR count). The van der Waals surface area contributed by atoms with Gasteiger partial charge in [0.25, 0.3) is 0 Å². The van der Waals surface area contributed by atoms with Gasteiger partial charge in [0.15, 0.2) is 11.5 Å². The van der Waals surface area contributed by atoms with Gasteiger partial charge in [-0.1, -0.05) is 0 Å². The first kappa shape index (κ1) is 15.2. The molecule has 0 aliphatic carbocycles. The van der Waals surface area contributed by atoms with Crippen molar-refractivity contribution in [2.75, 3.05) is 20.8 Å². The number of carboxylic acids is 1. The Balaban J connectivity index is 3.46. The molecule has 19 heavy (non-hydrogen) atoms. The molecular weight excluding hydrogens is 253 g/mol. The first-order valence-corrected chi connectivity index (χ1v) is 5.79. The van der Waals surface area contributed by atoms with Gasteiger partial charge in [-0.15, -0.1) is 0 Å². The van der Waals surface area contributed by atoms with E-state index in [-0.39, 0.29) is 12.1 Å². The van der Waals surface area contributed by atoms with Crippen molar-refractivity contribution in [3.05, 3.63) is 23.3 Å². The molecule has 0 heterocycles. The fourth-order valence-electron chi connectivity index (χ4n) is 1.92. The van der Waals surface area contributed by atoms with Crippen LogP contribution in [-0.4, -0.2) is 31.8 Å². The Morgan fingerprint density at radius 3 is 2.11 bits per heavy atom. The van der Waals surface area contributed by atoms with Crippen molar-refractivity contribution in [1.29, 1.82) is 0 Å². The van der Waals surface area contributed by atoms with E-state index in [1.807, 2.05) is 0 Å². The number of nitrogens with two attached hydrogens (primary N) is 1. The van der Waals surface area contributed by atoms with E-state index < -0.39 is 18.1 Å². The number of rotatable bonds is 6. The SMILES string of the molecule is COc1cc(C(C)F)c(C(CN)C(=O)O)cc1OC. The van der Waals surface area contributed by atoms with Crippen LogP contribution in [0.1, 0.15) is 30.1 Å². The van der Waals surface area contributed by atoms with Gasteiger partial charge in [-0.05, 0) is 30.2 Å². The number of alkyl halides is 1. The standard InChI is InChI=1S/C13H18FNO4/c1-7(14)8-4-11(18-2)12(19-3)5-9(8)10(6-15)13(16)17/h4-5,7,10H,6,15H2,1-3H3,(H,16,17). The Hall–Kier alpha value is -1.82. The number of halogens is 1. The molecule has 106 valence electrons. The fraction of sp³-hybridized carbons (Fsp3) is 0.462. The number of methoxy groups -OCH3 is 2. The van der Waals surface area contributed by atoms with E-state index in [1.165, 1.54) is 33.3 Å². The lowest BCUT2D eigenvalue weighted by atomic mass is 9.91. The summed E-state index contributed by atoms with van der Waals surface area (Å²) in [5, 5.41) is 9.15. The third-order valence-electron chi connectivity index (χ3n) is 2.93. The predicted molar refractivity (Wildman–Crippen MR) is 68.5 cm³/mol. The van der Waals surface area contributed by atoms with Crippen LogP contribution in [0.3, 0.4) is 0 Å². The van der Waals surface area contributed by atoms with Crippen molar-refractivity contribution in [2.24, 2.45) is 5.73 Å². The number of aliphatic carboxylic acids is 1. The quantitative estimate of drug-likeness (QED) is 0.825. The highest BCUT2D eigenvalue weighted by Gasteiger charge is 2.25. The number of ether oxygens (including phenoxy) is 2. The van der Waals surface area contributed by atoms with E-state index in [9.17, 15) is 9.18 Å². The zero-order valence-corrected chi connectivity index (χ0v) is 11.1. The predicted octanol–water partition coefficient (Wildman–Crippen LogP) is 1.86. The van der Waals surface area contributed by atoms with Gasteiger partial charge in [-0.2, -0.15) is 0 Å². The van der Waals surface area contributed by atoms with E-state index in [0.29, 0.717) is 17.1 Å². The number of benzene rings is 1. The van der Waals surface area contributed by atoms with Gasteiger partial charge in [0.1, 0.15) is 6.17 Å². The van der Waals surface area contributed by atoms with Crippen LogP contribution in [0.5, 0.6) is 11.5 Å². The van der Waals surface area contributed by atoms with Crippen LogP contribution in [0.4, 0.5) is 4.39 Å². The topological polar surface area (TPSA) is 81.8 Å². The molecule has 0 saturated carbocycles. The molecular formula is C13H18FNO4. The first-order chi connectivity index (χ1) is 8.96. The Bertz CT molecular complexity index is 462. The molecule has 0 aromatic heterocycles. The second kappa shape index (κ2) is 6.38. The van der Waals surface area contributed by atoms with Gasteiger partial charge in [-0.3, -0.25) is 4.79 Å². The van der Waals surface area contributed by atoms with Crippen LogP contribution in [0.2, 0.25) is 0 Å². The van der Waals surface area contributed by atoms with Crippen molar-refractivity contribution >= 4 is 5.97 Å². The third-order valence-corrected chi connectivity index (χ3v) is 2.93. The molecule has 2 atom stereocenters. The van der Waals surface area contributed by atoms with E-state index in [1.54, 1.807) is 0 Å². The molecule has 1 aromatic rings. The van der Waals surface area contributed by atoms with E-state index >= 15 is 0 Å². The number of hydrogen-bond donors (Lipinski definition) is 2. The lowest BCUT2D eigenvalue weighted by molar-refractivity contribution is -0.138. The van der Waals surface area contributed by atoms with Crippen LogP contribution in [0, 0.1) is 0 Å². The minimum absolute atomic E-state index is 0.120. The minimum atomic E-state index is -1.33. The molecule has 0 saturated heterocycles. The summed E-state index contributed by atoms with van der Waals surface area (Å²) in [4.78, 5) is 11.2. The summed E-state index contributed by atoms with van der Waals surface area (Å²) in [5.41, 5.74) is 6.02. The largest absolute Gasteiger partial charge is 0.493 e. The zero-order valence-electron chi connectivity index (χ0n) is 11.1. The summed E-state index contributed by atoms with van der Waals surface area (Å²) < 4.78 is 23.9. The first-order valence-electron chi connectivity index (χ1n) is 5.79. The van der Waals surface area contributed by atoms with Crippen molar-refractivity contribution in [3.8, 4) is 11.5 Å². The molecule has 0 fully saturated rings. The maximum absolute atomic E-state index is 13.7. The number of hydrogen-bond acceptors (Lipinski definition) is 4. The molecule has 5 nitrogen and oxygen atoms in total. The summed E-state index contributed by atoms with van der Waals surface area (Å²) in [5.74, 6) is -1.38. The normalized spacial score (nSPS) is 13.7. The van der Waals surface area contributed by atoms with Crippen molar-refractivity contribution < 1.29 is 23.8 Å². The molecule has 0 spiro atoms. The molecule has 0 amide bonds. The Labute approximate surface area is 111 Å². The highest BCUT2D eigenvalue weighted by Crippen LogP contribution is 2.37. The maximum atomic E-state index is 13.7. The Kier molecular flexibility index (Phi) is 5.11. The second-order valence-corrected chi connectivity index (χ2v) is 4.08. The molecule has 6 heteroatoms. The maximum Gasteiger partial charge on any atom is 0.312 e. The summed E-state index contributed by atoms with van der Waals surface area (Å²) in [6.45, 7) is 1.21. The molecule has 2 unspecified atom stereocenters. The Morgan fingerprint density at radius 1 is 1.32 bits per heavy atom. The van der Waals surface area contributed by atoms with Crippen LogP contribution in [0.15, 0.2) is 12.1 Å². The average Bonchev–Trinajstić information content (AvgIpc) is 2.38. The molecule has 3 N–H and O–H groups in total. The van der Waals surface area contributed by atoms with Gasteiger partial charge in [0.05, 0.1) is 20.1 Å². The Morgan fingerprint density at radius 2 is 1.79 bits per heavy atom. The van der Waals surface area contributed by atoms with E-state index in [4.69, 9.17) is 20.3 Å². The van der Waals surface area contributed by atoms with Crippen molar-refractivity contribution in [2.45, 2.75) is 19.0 Å². The lowest BCUT2D eigenvalue weighted by Gasteiger charge is -2.19. The van der Waals surface area contributed by atoms with Crippen LogP contribution in [-0.2, 0) is 4.79 Å². The highest BCUT2D eigenvalue weighted by molar-refractivity contribution is 5.77. The van der Waals surface area contributed by atoms with Crippen molar-refractivity contribution in [3.63, 3.8) is 0 Å². The van der Waals surface area contributed by atoms with Crippen molar-refractivity contribution in [1.82, 2.24) is 0 Å². The van der Waals surface area contributed by atoms with Crippen LogP contribution in [0.25, 0.3) is 0 Å². The van der Waals surface area contributed by atoms with Gasteiger partial charge < -0.3 is 20.3 Å². The zero-order chi connectivity index (χ0) is 14.6.